The summed E-state index contributed by atoms with van der Waals surface area (Å²) in [5.74, 6) is 0.0220. The number of hydrazone groups is 1. The van der Waals surface area contributed by atoms with Gasteiger partial charge < -0.3 is 5.73 Å². The van der Waals surface area contributed by atoms with Crippen LogP contribution in [0.5, 0.6) is 0 Å². The van der Waals surface area contributed by atoms with Crippen LogP contribution in [-0.4, -0.2) is 29.7 Å². The molecule has 0 aromatic heterocycles. The highest BCUT2D eigenvalue weighted by atomic mass is 16.2. The average molecular weight is 225 g/mol. The molecule has 1 aliphatic rings. The Balaban J connectivity index is 2.92. The summed E-state index contributed by atoms with van der Waals surface area (Å²) in [6, 6.07) is 0. The van der Waals surface area contributed by atoms with E-state index in [0.29, 0.717) is 19.5 Å². The number of nitrogens with zero attached hydrogens (tertiary/aromatic N) is 2. The number of carbonyl (C=O) groups is 1. The zero-order chi connectivity index (χ0) is 12.3. The van der Waals surface area contributed by atoms with Crippen LogP contribution < -0.4 is 5.73 Å². The summed E-state index contributed by atoms with van der Waals surface area (Å²) in [4.78, 5) is 12.1. The van der Waals surface area contributed by atoms with Crippen LogP contribution in [0.15, 0.2) is 5.10 Å². The molecule has 1 atom stereocenters. The van der Waals surface area contributed by atoms with Gasteiger partial charge in [-0.1, -0.05) is 27.7 Å². The van der Waals surface area contributed by atoms with Gasteiger partial charge in [-0.3, -0.25) is 4.79 Å². The molecule has 0 bridgehead atoms. The maximum Gasteiger partial charge on any atom is 0.251 e. The molecule has 0 saturated carbocycles. The van der Waals surface area contributed by atoms with E-state index in [2.05, 4.69) is 32.8 Å². The number of hydrogen-bond donors (Lipinski definition) is 1. The second-order valence-corrected chi connectivity index (χ2v) is 5.33. The van der Waals surface area contributed by atoms with Crippen molar-refractivity contribution in [2.24, 2.45) is 22.2 Å². The lowest BCUT2D eigenvalue weighted by molar-refractivity contribution is -0.131. The van der Waals surface area contributed by atoms with Crippen molar-refractivity contribution in [2.45, 2.75) is 40.5 Å². The van der Waals surface area contributed by atoms with Crippen molar-refractivity contribution in [2.75, 3.05) is 13.1 Å². The number of carbonyl (C=O) groups excluding carboxylic acids is 1. The lowest BCUT2D eigenvalue weighted by Crippen LogP contribution is -2.33. The molecule has 0 spiro atoms. The van der Waals surface area contributed by atoms with Gasteiger partial charge in [0.05, 0.1) is 11.6 Å². The fraction of sp³-hybridized carbons (Fsp3) is 0.833. The Bertz CT molecular complexity index is 291. The molecule has 0 radical (unpaired) electrons. The van der Waals surface area contributed by atoms with Crippen LogP contribution in [0.2, 0.25) is 0 Å². The summed E-state index contributed by atoms with van der Waals surface area (Å²) in [6.45, 7) is 9.58. The van der Waals surface area contributed by atoms with Gasteiger partial charge in [0.15, 0.2) is 0 Å². The summed E-state index contributed by atoms with van der Waals surface area (Å²) < 4.78 is 0. The van der Waals surface area contributed by atoms with E-state index in [-0.39, 0.29) is 17.2 Å². The van der Waals surface area contributed by atoms with Crippen LogP contribution in [-0.2, 0) is 4.79 Å². The van der Waals surface area contributed by atoms with E-state index in [9.17, 15) is 4.79 Å². The Morgan fingerprint density at radius 2 is 2.06 bits per heavy atom. The monoisotopic (exact) mass is 225 g/mol. The first-order valence-electron chi connectivity index (χ1n) is 6.02. The molecule has 0 aliphatic carbocycles. The molecule has 1 amide bonds. The van der Waals surface area contributed by atoms with Crippen LogP contribution in [0, 0.1) is 11.3 Å². The molecule has 0 fully saturated rings. The highest BCUT2D eigenvalue weighted by Gasteiger charge is 2.39. The molecule has 4 heteroatoms. The third-order valence-electron chi connectivity index (χ3n) is 2.77. The molecule has 4 nitrogen and oxygen atoms in total. The Morgan fingerprint density at radius 3 is 2.50 bits per heavy atom. The number of rotatable bonds is 4. The van der Waals surface area contributed by atoms with E-state index >= 15 is 0 Å². The van der Waals surface area contributed by atoms with Crippen molar-refractivity contribution in [3.63, 3.8) is 0 Å². The standard InChI is InChI=1S/C12H23N3O/c1-5-8-15-11(16)9(6-7-13)10(14-15)12(2,3)4/h9H,5-8,13H2,1-4H3. The van der Waals surface area contributed by atoms with E-state index in [1.165, 1.54) is 0 Å². The van der Waals surface area contributed by atoms with Gasteiger partial charge in [-0.15, -0.1) is 0 Å². The van der Waals surface area contributed by atoms with E-state index in [1.54, 1.807) is 5.01 Å². The molecular formula is C12H23N3O. The highest BCUT2D eigenvalue weighted by molar-refractivity contribution is 6.10. The minimum atomic E-state index is -0.100. The minimum Gasteiger partial charge on any atom is -0.330 e. The third kappa shape index (κ3) is 2.61. The molecule has 0 aromatic carbocycles. The molecule has 0 aromatic rings. The normalized spacial score (nSPS) is 21.6. The SMILES string of the molecule is CCCN1N=C(C(C)(C)C)C(CCN)C1=O. The van der Waals surface area contributed by atoms with Crippen LogP contribution in [0.3, 0.4) is 0 Å². The van der Waals surface area contributed by atoms with E-state index in [4.69, 9.17) is 5.73 Å². The fourth-order valence-electron chi connectivity index (χ4n) is 2.02. The van der Waals surface area contributed by atoms with Gasteiger partial charge in [-0.25, -0.2) is 5.01 Å². The Hall–Kier alpha value is -0.900. The molecule has 1 aliphatic heterocycles. The van der Waals surface area contributed by atoms with Crippen molar-refractivity contribution in [3.8, 4) is 0 Å². The van der Waals surface area contributed by atoms with Gasteiger partial charge in [-0.2, -0.15) is 5.10 Å². The predicted molar refractivity (Wildman–Crippen MR) is 66.1 cm³/mol. The maximum atomic E-state index is 12.1. The number of hydrogen-bond acceptors (Lipinski definition) is 3. The first kappa shape index (κ1) is 13.2. The second kappa shape index (κ2) is 4.95. The molecule has 1 heterocycles. The molecule has 16 heavy (non-hydrogen) atoms. The highest BCUT2D eigenvalue weighted by Crippen LogP contribution is 2.30. The van der Waals surface area contributed by atoms with Crippen molar-refractivity contribution in [1.29, 1.82) is 0 Å². The van der Waals surface area contributed by atoms with Gasteiger partial charge in [0.2, 0.25) is 0 Å². The smallest absolute Gasteiger partial charge is 0.251 e. The van der Waals surface area contributed by atoms with Crippen molar-refractivity contribution < 1.29 is 4.79 Å². The van der Waals surface area contributed by atoms with Crippen molar-refractivity contribution in [1.82, 2.24) is 5.01 Å². The maximum absolute atomic E-state index is 12.1. The van der Waals surface area contributed by atoms with Crippen LogP contribution in [0.4, 0.5) is 0 Å². The van der Waals surface area contributed by atoms with Crippen molar-refractivity contribution in [3.05, 3.63) is 0 Å². The summed E-state index contributed by atoms with van der Waals surface area (Å²) >= 11 is 0. The number of amides is 1. The summed E-state index contributed by atoms with van der Waals surface area (Å²) in [7, 11) is 0. The molecule has 0 saturated heterocycles. The molecular weight excluding hydrogens is 202 g/mol. The zero-order valence-electron chi connectivity index (χ0n) is 10.8. The third-order valence-corrected chi connectivity index (χ3v) is 2.77. The van der Waals surface area contributed by atoms with E-state index < -0.39 is 0 Å². The Morgan fingerprint density at radius 1 is 1.44 bits per heavy atom. The van der Waals surface area contributed by atoms with Crippen molar-refractivity contribution >= 4 is 11.6 Å². The lowest BCUT2D eigenvalue weighted by atomic mass is 9.81. The fourth-order valence-corrected chi connectivity index (χ4v) is 2.02. The average Bonchev–Trinajstić information content (AvgIpc) is 2.47. The topological polar surface area (TPSA) is 58.7 Å². The molecule has 1 unspecified atom stereocenters. The summed E-state index contributed by atoms with van der Waals surface area (Å²) in [5.41, 5.74) is 6.49. The quantitative estimate of drug-likeness (QED) is 0.790. The molecule has 92 valence electrons. The van der Waals surface area contributed by atoms with E-state index in [1.807, 2.05) is 0 Å². The Labute approximate surface area is 97.9 Å². The first-order chi connectivity index (χ1) is 7.41. The van der Waals surface area contributed by atoms with Gasteiger partial charge in [-0.05, 0) is 19.4 Å². The van der Waals surface area contributed by atoms with Gasteiger partial charge in [0.25, 0.3) is 5.91 Å². The number of nitrogens with two attached hydrogens (primary N) is 1. The summed E-state index contributed by atoms with van der Waals surface area (Å²) in [5, 5.41) is 6.09. The van der Waals surface area contributed by atoms with Crippen LogP contribution in [0.25, 0.3) is 0 Å². The zero-order valence-corrected chi connectivity index (χ0v) is 10.8. The van der Waals surface area contributed by atoms with Gasteiger partial charge in [0.1, 0.15) is 0 Å². The largest absolute Gasteiger partial charge is 0.330 e. The second-order valence-electron chi connectivity index (χ2n) is 5.33. The van der Waals surface area contributed by atoms with Gasteiger partial charge in [0, 0.05) is 12.0 Å². The predicted octanol–water partition coefficient (Wildman–Crippen LogP) is 1.61. The minimum absolute atomic E-state index is 0.0576. The molecule has 2 N–H and O–H groups in total. The van der Waals surface area contributed by atoms with E-state index in [0.717, 1.165) is 12.1 Å². The van der Waals surface area contributed by atoms with Gasteiger partial charge >= 0.3 is 0 Å². The summed E-state index contributed by atoms with van der Waals surface area (Å²) in [6.07, 6.45) is 1.64. The lowest BCUT2D eigenvalue weighted by Gasteiger charge is -2.21. The Kier molecular flexibility index (Phi) is 4.08. The van der Waals surface area contributed by atoms with Crippen LogP contribution >= 0.6 is 0 Å². The van der Waals surface area contributed by atoms with Crippen LogP contribution in [0.1, 0.15) is 40.5 Å². The molecule has 1 rings (SSSR count). The first-order valence-corrected chi connectivity index (χ1v) is 6.02.